The third-order valence-corrected chi connectivity index (χ3v) is 5.75. The van der Waals surface area contributed by atoms with Crippen LogP contribution in [0, 0.1) is 13.8 Å². The molecule has 0 aliphatic carbocycles. The highest BCUT2D eigenvalue weighted by Crippen LogP contribution is 2.20. The quantitative estimate of drug-likeness (QED) is 0.583. The van der Waals surface area contributed by atoms with Crippen molar-refractivity contribution in [2.75, 3.05) is 39.3 Å². The topological polar surface area (TPSA) is 65.6 Å². The van der Waals surface area contributed by atoms with E-state index in [4.69, 9.17) is 4.74 Å². The summed E-state index contributed by atoms with van der Waals surface area (Å²) in [5, 5.41) is 4.30. The number of aryl methyl sites for hydroxylation is 1. The Hall–Kier alpha value is -1.96. The van der Waals surface area contributed by atoms with Crippen LogP contribution in [-0.2, 0) is 11.3 Å². The molecule has 1 aliphatic heterocycles. The second-order valence-corrected chi connectivity index (χ2v) is 7.73. The molecule has 3 heterocycles. The van der Waals surface area contributed by atoms with Crippen molar-refractivity contribution < 1.29 is 14.3 Å². The van der Waals surface area contributed by atoms with Crippen LogP contribution in [0.25, 0.3) is 0 Å². The van der Waals surface area contributed by atoms with E-state index in [1.165, 1.54) is 5.56 Å². The summed E-state index contributed by atoms with van der Waals surface area (Å²) >= 11 is 1.73. The Morgan fingerprint density at radius 1 is 1.19 bits per heavy atom. The van der Waals surface area contributed by atoms with E-state index in [1.807, 2.05) is 13.8 Å². The van der Waals surface area contributed by atoms with Crippen LogP contribution < -0.4 is 0 Å². The first-order valence-electron chi connectivity index (χ1n) is 9.34. The first-order valence-corrected chi connectivity index (χ1v) is 10.3. The maximum Gasteiger partial charge on any atom is 0.355 e. The number of rotatable bonds is 7. The number of aromatic amines is 1. The number of H-pyrrole nitrogens is 1. The number of ether oxygens (including phenoxy) is 1. The van der Waals surface area contributed by atoms with Gasteiger partial charge in [0.2, 0.25) is 0 Å². The monoisotopic (exact) mass is 389 g/mol. The highest BCUT2D eigenvalue weighted by molar-refractivity contribution is 7.07. The Morgan fingerprint density at radius 3 is 2.52 bits per heavy atom. The molecule has 0 bridgehead atoms. The number of piperazine rings is 1. The number of ketones is 1. The van der Waals surface area contributed by atoms with Crippen molar-refractivity contribution in [1.29, 1.82) is 0 Å². The molecule has 27 heavy (non-hydrogen) atoms. The fraction of sp³-hybridized carbons (Fsp3) is 0.500. The molecule has 0 atom stereocenters. The summed E-state index contributed by atoms with van der Waals surface area (Å²) in [7, 11) is 0. The van der Waals surface area contributed by atoms with E-state index in [-0.39, 0.29) is 5.78 Å². The fourth-order valence-electron chi connectivity index (χ4n) is 3.60. The number of carbonyl (C=O) groups is 2. The van der Waals surface area contributed by atoms with Gasteiger partial charge in [-0.2, -0.15) is 11.3 Å². The first-order chi connectivity index (χ1) is 13.0. The van der Waals surface area contributed by atoms with Gasteiger partial charge in [-0.1, -0.05) is 0 Å². The summed E-state index contributed by atoms with van der Waals surface area (Å²) in [5.41, 5.74) is 3.79. The van der Waals surface area contributed by atoms with E-state index in [0.29, 0.717) is 30.0 Å². The van der Waals surface area contributed by atoms with Crippen LogP contribution in [0.2, 0.25) is 0 Å². The van der Waals surface area contributed by atoms with Crippen molar-refractivity contribution in [1.82, 2.24) is 14.8 Å². The van der Waals surface area contributed by atoms with Gasteiger partial charge in [-0.3, -0.25) is 14.6 Å². The lowest BCUT2D eigenvalue weighted by Gasteiger charge is -2.34. The standard InChI is InChI=1S/C20H27N3O3S/c1-4-26-20(25)19-14(2)18(15(3)21-19)17(24)12-23-8-6-22(7-9-23)11-16-5-10-27-13-16/h5,10,13,21H,4,6-9,11-12H2,1-3H3. The average Bonchev–Trinajstić information content (AvgIpc) is 3.24. The number of hydrogen-bond donors (Lipinski definition) is 1. The highest BCUT2D eigenvalue weighted by Gasteiger charge is 2.25. The van der Waals surface area contributed by atoms with Gasteiger partial charge in [0.15, 0.2) is 5.78 Å². The van der Waals surface area contributed by atoms with Gasteiger partial charge in [-0.25, -0.2) is 4.79 Å². The number of thiophene rings is 1. The second-order valence-electron chi connectivity index (χ2n) is 6.95. The number of nitrogens with zero attached hydrogens (tertiary/aromatic N) is 2. The highest BCUT2D eigenvalue weighted by atomic mass is 32.1. The largest absolute Gasteiger partial charge is 0.461 e. The zero-order chi connectivity index (χ0) is 19.4. The molecule has 7 heteroatoms. The molecule has 146 valence electrons. The van der Waals surface area contributed by atoms with Crippen LogP contribution in [0.1, 0.15) is 44.6 Å². The van der Waals surface area contributed by atoms with E-state index < -0.39 is 5.97 Å². The van der Waals surface area contributed by atoms with E-state index in [1.54, 1.807) is 18.3 Å². The summed E-state index contributed by atoms with van der Waals surface area (Å²) in [4.78, 5) is 32.5. The minimum absolute atomic E-state index is 0.0584. The SMILES string of the molecule is CCOC(=O)c1[nH]c(C)c(C(=O)CN2CCN(Cc3ccsc3)CC2)c1C. The van der Waals surface area contributed by atoms with E-state index in [0.717, 1.165) is 38.4 Å². The molecule has 0 spiro atoms. The molecular weight excluding hydrogens is 362 g/mol. The molecule has 6 nitrogen and oxygen atoms in total. The lowest BCUT2D eigenvalue weighted by molar-refractivity contribution is 0.0519. The van der Waals surface area contributed by atoms with Crippen LogP contribution in [0.15, 0.2) is 16.8 Å². The van der Waals surface area contributed by atoms with Crippen molar-refractivity contribution >= 4 is 23.1 Å². The molecular formula is C20H27N3O3S. The minimum Gasteiger partial charge on any atom is -0.461 e. The molecule has 0 unspecified atom stereocenters. The normalized spacial score (nSPS) is 15.8. The molecule has 0 aromatic carbocycles. The number of aromatic nitrogens is 1. The summed E-state index contributed by atoms with van der Waals surface area (Å²) in [6, 6.07) is 2.17. The van der Waals surface area contributed by atoms with Crippen LogP contribution in [-0.4, -0.2) is 65.9 Å². The van der Waals surface area contributed by atoms with Crippen LogP contribution in [0.4, 0.5) is 0 Å². The number of nitrogens with one attached hydrogen (secondary N) is 1. The van der Waals surface area contributed by atoms with Gasteiger partial charge >= 0.3 is 5.97 Å². The summed E-state index contributed by atoms with van der Waals surface area (Å²) in [6.45, 7) is 10.8. The smallest absolute Gasteiger partial charge is 0.355 e. The molecule has 2 aromatic rings. The first kappa shape index (κ1) is 19.8. The number of esters is 1. The molecule has 3 rings (SSSR count). The predicted molar refractivity (Wildman–Crippen MR) is 107 cm³/mol. The molecule has 0 amide bonds. The van der Waals surface area contributed by atoms with Gasteiger partial charge in [-0.05, 0) is 48.7 Å². The summed E-state index contributed by atoms with van der Waals surface area (Å²) in [6.07, 6.45) is 0. The van der Waals surface area contributed by atoms with Gasteiger partial charge in [0.1, 0.15) is 5.69 Å². The molecule has 1 N–H and O–H groups in total. The van der Waals surface area contributed by atoms with Gasteiger partial charge in [0.25, 0.3) is 0 Å². The zero-order valence-electron chi connectivity index (χ0n) is 16.2. The third kappa shape index (κ3) is 4.66. The molecule has 0 saturated carbocycles. The van der Waals surface area contributed by atoms with E-state index >= 15 is 0 Å². The van der Waals surface area contributed by atoms with Crippen molar-refractivity contribution in [3.8, 4) is 0 Å². The van der Waals surface area contributed by atoms with Gasteiger partial charge in [0.05, 0.1) is 13.2 Å². The van der Waals surface area contributed by atoms with Gasteiger partial charge in [-0.15, -0.1) is 0 Å². The predicted octanol–water partition coefficient (Wildman–Crippen LogP) is 2.87. The van der Waals surface area contributed by atoms with Crippen molar-refractivity contribution in [2.45, 2.75) is 27.3 Å². The molecule has 1 saturated heterocycles. The van der Waals surface area contributed by atoms with Crippen molar-refractivity contribution in [2.24, 2.45) is 0 Å². The summed E-state index contributed by atoms with van der Waals surface area (Å²) in [5.74, 6) is -0.345. The Balaban J connectivity index is 1.57. The van der Waals surface area contributed by atoms with Crippen LogP contribution >= 0.6 is 11.3 Å². The lowest BCUT2D eigenvalue weighted by Crippen LogP contribution is -2.47. The fourth-order valence-corrected chi connectivity index (χ4v) is 4.26. The molecule has 1 aliphatic rings. The molecule has 0 radical (unpaired) electrons. The van der Waals surface area contributed by atoms with Gasteiger partial charge in [0, 0.05) is 44.0 Å². The maximum absolute atomic E-state index is 12.9. The average molecular weight is 390 g/mol. The van der Waals surface area contributed by atoms with Crippen molar-refractivity contribution in [3.63, 3.8) is 0 Å². The maximum atomic E-state index is 12.9. The number of Topliss-reactive ketones (excluding diaryl/α,β-unsaturated/α-hetero) is 1. The molecule has 2 aromatic heterocycles. The Kier molecular flexibility index (Phi) is 6.46. The molecule has 1 fully saturated rings. The van der Waals surface area contributed by atoms with E-state index in [9.17, 15) is 9.59 Å². The summed E-state index contributed by atoms with van der Waals surface area (Å²) < 4.78 is 5.06. The Morgan fingerprint density at radius 2 is 1.89 bits per heavy atom. The van der Waals surface area contributed by atoms with Crippen LogP contribution in [0.5, 0.6) is 0 Å². The third-order valence-electron chi connectivity index (χ3n) is 5.01. The minimum atomic E-state index is -0.404. The second kappa shape index (κ2) is 8.82. The zero-order valence-corrected chi connectivity index (χ0v) is 17.0. The Bertz CT molecular complexity index is 790. The van der Waals surface area contributed by atoms with E-state index in [2.05, 4.69) is 31.6 Å². The number of carbonyl (C=O) groups excluding carboxylic acids is 2. The number of hydrogen-bond acceptors (Lipinski definition) is 6. The Labute approximate surface area is 164 Å². The van der Waals surface area contributed by atoms with Gasteiger partial charge < -0.3 is 9.72 Å². The lowest BCUT2D eigenvalue weighted by atomic mass is 10.0. The van der Waals surface area contributed by atoms with Crippen LogP contribution in [0.3, 0.4) is 0 Å². The van der Waals surface area contributed by atoms with Crippen molar-refractivity contribution in [3.05, 3.63) is 44.9 Å².